The normalized spacial score (nSPS) is 10.3. The van der Waals surface area contributed by atoms with Crippen LogP contribution in [0.15, 0.2) is 90.4 Å². The van der Waals surface area contributed by atoms with Crippen molar-refractivity contribution in [3.63, 3.8) is 0 Å². The number of hydrogen-bond donors (Lipinski definition) is 3. The molecule has 6 nitrogen and oxygen atoms in total. The lowest BCUT2D eigenvalue weighted by molar-refractivity contribution is 0.102. The summed E-state index contributed by atoms with van der Waals surface area (Å²) in [7, 11) is 0. The Labute approximate surface area is 177 Å². The van der Waals surface area contributed by atoms with Crippen LogP contribution < -0.4 is 16.0 Å². The van der Waals surface area contributed by atoms with Crippen molar-refractivity contribution in [2.75, 3.05) is 16.0 Å². The van der Waals surface area contributed by atoms with E-state index in [-0.39, 0.29) is 11.9 Å². The molecule has 7 heteroatoms. The van der Waals surface area contributed by atoms with Gasteiger partial charge in [-0.25, -0.2) is 9.78 Å². The molecule has 4 rings (SSSR count). The Balaban J connectivity index is 1.37. The smallest absolute Gasteiger partial charge is 0.322 e. The van der Waals surface area contributed by atoms with Gasteiger partial charge in [0, 0.05) is 39.8 Å². The average Bonchev–Trinajstić information content (AvgIpc) is 3.30. The zero-order valence-electron chi connectivity index (χ0n) is 15.8. The van der Waals surface area contributed by atoms with E-state index in [9.17, 15) is 9.59 Å². The first kappa shape index (κ1) is 19.4. The van der Waals surface area contributed by atoms with Crippen LogP contribution in [0.3, 0.4) is 0 Å². The van der Waals surface area contributed by atoms with E-state index in [1.165, 1.54) is 0 Å². The van der Waals surface area contributed by atoms with Gasteiger partial charge < -0.3 is 16.0 Å². The Bertz CT molecular complexity index is 1140. The van der Waals surface area contributed by atoms with Crippen LogP contribution in [0.2, 0.25) is 0 Å². The Morgan fingerprint density at radius 1 is 0.733 bits per heavy atom. The van der Waals surface area contributed by atoms with Gasteiger partial charge in [0.15, 0.2) is 0 Å². The fourth-order valence-corrected chi connectivity index (χ4v) is 3.45. The van der Waals surface area contributed by atoms with Crippen LogP contribution >= 0.6 is 11.3 Å². The topological polar surface area (TPSA) is 83.1 Å². The first-order valence-electron chi connectivity index (χ1n) is 9.22. The monoisotopic (exact) mass is 414 g/mol. The van der Waals surface area contributed by atoms with Crippen molar-refractivity contribution in [3.05, 3.63) is 96.0 Å². The zero-order valence-corrected chi connectivity index (χ0v) is 16.6. The summed E-state index contributed by atoms with van der Waals surface area (Å²) < 4.78 is 0. The molecule has 0 bridgehead atoms. The first-order chi connectivity index (χ1) is 14.7. The third-order valence-corrected chi connectivity index (χ3v) is 5.06. The number of carbonyl (C=O) groups is 2. The summed E-state index contributed by atoms with van der Waals surface area (Å²) in [5.74, 6) is -0.230. The van der Waals surface area contributed by atoms with Gasteiger partial charge in [-0.15, -0.1) is 11.3 Å². The summed E-state index contributed by atoms with van der Waals surface area (Å²) in [5.41, 5.74) is 3.42. The molecule has 0 spiro atoms. The van der Waals surface area contributed by atoms with Crippen molar-refractivity contribution in [3.8, 4) is 10.6 Å². The fraction of sp³-hybridized carbons (Fsp3) is 0. The maximum atomic E-state index is 12.6. The molecule has 0 radical (unpaired) electrons. The van der Waals surface area contributed by atoms with Gasteiger partial charge in [0.25, 0.3) is 5.91 Å². The van der Waals surface area contributed by atoms with Crippen molar-refractivity contribution in [2.24, 2.45) is 0 Å². The first-order valence-corrected chi connectivity index (χ1v) is 10.1. The number of aromatic nitrogens is 1. The number of thiazole rings is 1. The molecule has 0 aliphatic heterocycles. The molecule has 1 heterocycles. The van der Waals surface area contributed by atoms with Gasteiger partial charge in [0.2, 0.25) is 0 Å². The standard InChI is InChI=1S/C23H18N4O2S/c28-21(25-20-8-4-5-17(15-20)22-24-13-14-30-22)16-9-11-19(12-10-16)27-23(29)26-18-6-2-1-3-7-18/h1-15H,(H,25,28)(H2,26,27,29). The van der Waals surface area contributed by atoms with Gasteiger partial charge in [-0.2, -0.15) is 0 Å². The summed E-state index contributed by atoms with van der Waals surface area (Å²) in [6, 6.07) is 23.1. The summed E-state index contributed by atoms with van der Waals surface area (Å²) in [6.07, 6.45) is 1.75. The van der Waals surface area contributed by atoms with Gasteiger partial charge >= 0.3 is 6.03 Å². The van der Waals surface area contributed by atoms with Crippen molar-refractivity contribution in [2.45, 2.75) is 0 Å². The lowest BCUT2D eigenvalue weighted by Gasteiger charge is -2.09. The molecule has 3 amide bonds. The predicted octanol–water partition coefficient (Wildman–Crippen LogP) is 5.71. The van der Waals surface area contributed by atoms with Crippen LogP contribution in [0.5, 0.6) is 0 Å². The number of nitrogens with zero attached hydrogens (tertiary/aromatic N) is 1. The molecular weight excluding hydrogens is 396 g/mol. The van der Waals surface area contributed by atoms with Crippen molar-refractivity contribution >= 4 is 40.3 Å². The van der Waals surface area contributed by atoms with Crippen LogP contribution in [-0.2, 0) is 0 Å². The van der Waals surface area contributed by atoms with Gasteiger partial charge in [-0.05, 0) is 48.5 Å². The molecule has 4 aromatic rings. The van der Waals surface area contributed by atoms with Gasteiger partial charge in [-0.3, -0.25) is 4.79 Å². The van der Waals surface area contributed by atoms with Crippen LogP contribution in [0, 0.1) is 0 Å². The number of para-hydroxylation sites is 1. The molecule has 3 aromatic carbocycles. The molecule has 148 valence electrons. The van der Waals surface area contributed by atoms with Crippen molar-refractivity contribution in [1.82, 2.24) is 4.98 Å². The highest BCUT2D eigenvalue weighted by Gasteiger charge is 2.09. The van der Waals surface area contributed by atoms with Crippen LogP contribution in [0.25, 0.3) is 10.6 Å². The highest BCUT2D eigenvalue weighted by atomic mass is 32.1. The minimum atomic E-state index is -0.350. The number of anilines is 3. The Hall–Kier alpha value is -3.97. The largest absolute Gasteiger partial charge is 0.323 e. The number of rotatable bonds is 5. The number of benzene rings is 3. The molecule has 0 aliphatic carbocycles. The maximum absolute atomic E-state index is 12.6. The number of nitrogens with one attached hydrogen (secondary N) is 3. The molecule has 0 atom stereocenters. The van der Waals surface area contributed by atoms with Crippen molar-refractivity contribution in [1.29, 1.82) is 0 Å². The second-order valence-corrected chi connectivity index (χ2v) is 7.29. The molecule has 0 aliphatic rings. The Kier molecular flexibility index (Phi) is 5.82. The summed E-state index contributed by atoms with van der Waals surface area (Å²) >= 11 is 1.54. The Morgan fingerprint density at radius 3 is 2.13 bits per heavy atom. The lowest BCUT2D eigenvalue weighted by Crippen LogP contribution is -2.19. The van der Waals surface area contributed by atoms with Gasteiger partial charge in [0.05, 0.1) is 0 Å². The zero-order chi connectivity index (χ0) is 20.8. The Morgan fingerprint density at radius 2 is 1.43 bits per heavy atom. The number of carbonyl (C=O) groups excluding carboxylic acids is 2. The van der Waals surface area contributed by atoms with E-state index in [2.05, 4.69) is 20.9 Å². The SMILES string of the molecule is O=C(Nc1ccccc1)Nc1ccc(C(=O)Nc2cccc(-c3nccs3)c2)cc1. The number of hydrogen-bond acceptors (Lipinski definition) is 4. The number of amides is 3. The second kappa shape index (κ2) is 9.02. The molecule has 0 saturated heterocycles. The summed E-state index contributed by atoms with van der Waals surface area (Å²) in [5, 5.41) is 11.2. The lowest BCUT2D eigenvalue weighted by atomic mass is 10.1. The highest BCUT2D eigenvalue weighted by molar-refractivity contribution is 7.13. The predicted molar refractivity (Wildman–Crippen MR) is 121 cm³/mol. The van der Waals surface area contributed by atoms with E-state index in [4.69, 9.17) is 0 Å². The average molecular weight is 414 g/mol. The fourth-order valence-electron chi connectivity index (χ4n) is 2.82. The van der Waals surface area contributed by atoms with E-state index in [1.807, 2.05) is 47.8 Å². The van der Waals surface area contributed by atoms with E-state index < -0.39 is 0 Å². The molecule has 3 N–H and O–H groups in total. The highest BCUT2D eigenvalue weighted by Crippen LogP contribution is 2.24. The third kappa shape index (κ3) is 4.89. The van der Waals surface area contributed by atoms with E-state index >= 15 is 0 Å². The van der Waals surface area contributed by atoms with Gasteiger partial charge in [0.1, 0.15) is 5.01 Å². The summed E-state index contributed by atoms with van der Waals surface area (Å²) in [4.78, 5) is 28.9. The minimum absolute atomic E-state index is 0.230. The minimum Gasteiger partial charge on any atom is -0.322 e. The molecule has 0 unspecified atom stereocenters. The van der Waals surface area contributed by atoms with Crippen molar-refractivity contribution < 1.29 is 9.59 Å². The van der Waals surface area contributed by atoms with Crippen LogP contribution in [-0.4, -0.2) is 16.9 Å². The molecule has 30 heavy (non-hydrogen) atoms. The van der Waals surface area contributed by atoms with Gasteiger partial charge in [-0.1, -0.05) is 30.3 Å². The number of urea groups is 1. The molecule has 0 saturated carbocycles. The molecule has 0 fully saturated rings. The summed E-state index contributed by atoms with van der Waals surface area (Å²) in [6.45, 7) is 0. The van der Waals surface area contributed by atoms with Crippen LogP contribution in [0.1, 0.15) is 10.4 Å². The van der Waals surface area contributed by atoms with E-state index in [1.54, 1.807) is 53.9 Å². The third-order valence-electron chi connectivity index (χ3n) is 4.24. The van der Waals surface area contributed by atoms with E-state index in [0.29, 0.717) is 22.6 Å². The quantitative estimate of drug-likeness (QED) is 0.391. The molecule has 1 aromatic heterocycles. The molecular formula is C23H18N4O2S. The second-order valence-electron chi connectivity index (χ2n) is 6.39. The van der Waals surface area contributed by atoms with Crippen LogP contribution in [0.4, 0.5) is 21.9 Å². The van der Waals surface area contributed by atoms with E-state index in [0.717, 1.165) is 10.6 Å². The maximum Gasteiger partial charge on any atom is 0.323 e.